The molecule has 0 atom stereocenters. The zero-order valence-electron chi connectivity index (χ0n) is 15.1. The molecule has 0 saturated carbocycles. The molecular weight excluding hydrogens is 354 g/mol. The van der Waals surface area contributed by atoms with Crippen molar-refractivity contribution in [1.82, 2.24) is 5.32 Å². The van der Waals surface area contributed by atoms with E-state index in [1.54, 1.807) is 31.4 Å². The van der Waals surface area contributed by atoms with Crippen LogP contribution < -0.4 is 19.5 Å². The van der Waals surface area contributed by atoms with E-state index in [2.05, 4.69) is 12.2 Å². The Morgan fingerprint density at radius 2 is 1.88 bits per heavy atom. The van der Waals surface area contributed by atoms with Gasteiger partial charge in [-0.3, -0.25) is 4.79 Å². The number of amides is 1. The highest BCUT2D eigenvalue weighted by molar-refractivity contribution is 6.32. The quantitative estimate of drug-likeness (QED) is 0.630. The third kappa shape index (κ3) is 6.15. The average Bonchev–Trinajstić information content (AvgIpc) is 2.66. The highest BCUT2D eigenvalue weighted by atomic mass is 35.5. The first-order valence-electron chi connectivity index (χ1n) is 8.57. The molecule has 2 rings (SSSR count). The molecule has 0 unspecified atom stereocenters. The summed E-state index contributed by atoms with van der Waals surface area (Å²) in [5, 5.41) is 3.28. The van der Waals surface area contributed by atoms with E-state index in [1.165, 1.54) is 0 Å². The fourth-order valence-corrected chi connectivity index (χ4v) is 2.41. The van der Waals surface area contributed by atoms with Crippen LogP contribution in [0.5, 0.6) is 17.2 Å². The zero-order chi connectivity index (χ0) is 18.8. The number of hydrogen-bond acceptors (Lipinski definition) is 4. The number of para-hydroxylation sites is 1. The van der Waals surface area contributed by atoms with Crippen molar-refractivity contribution in [3.8, 4) is 17.2 Å². The monoisotopic (exact) mass is 377 g/mol. The lowest BCUT2D eigenvalue weighted by molar-refractivity contribution is -0.123. The summed E-state index contributed by atoms with van der Waals surface area (Å²) < 4.78 is 16.5. The number of carbonyl (C=O) groups is 1. The second-order valence-corrected chi connectivity index (χ2v) is 6.09. The Morgan fingerprint density at radius 3 is 2.62 bits per heavy atom. The van der Waals surface area contributed by atoms with Crippen LogP contribution in [0.1, 0.15) is 25.3 Å². The van der Waals surface area contributed by atoms with Crippen molar-refractivity contribution in [3.63, 3.8) is 0 Å². The predicted molar refractivity (Wildman–Crippen MR) is 102 cm³/mol. The fraction of sp³-hybridized carbons (Fsp3) is 0.350. The van der Waals surface area contributed by atoms with E-state index >= 15 is 0 Å². The molecule has 2 aromatic carbocycles. The maximum Gasteiger partial charge on any atom is 0.258 e. The molecule has 0 aliphatic rings. The third-order valence-corrected chi connectivity index (χ3v) is 3.98. The first-order valence-corrected chi connectivity index (χ1v) is 8.95. The van der Waals surface area contributed by atoms with E-state index in [4.69, 9.17) is 25.8 Å². The third-order valence-electron chi connectivity index (χ3n) is 3.67. The molecule has 0 aliphatic carbocycles. The summed E-state index contributed by atoms with van der Waals surface area (Å²) in [6.07, 6.45) is 2.06. The van der Waals surface area contributed by atoms with Gasteiger partial charge in [-0.2, -0.15) is 0 Å². The number of hydrogen-bond donors (Lipinski definition) is 1. The molecule has 0 spiro atoms. The lowest BCUT2D eigenvalue weighted by Crippen LogP contribution is -2.28. The van der Waals surface area contributed by atoms with Crippen LogP contribution in [0.15, 0.2) is 42.5 Å². The van der Waals surface area contributed by atoms with Gasteiger partial charge in [0.25, 0.3) is 5.91 Å². The normalized spacial score (nSPS) is 10.3. The minimum Gasteiger partial charge on any atom is -0.493 e. The molecule has 0 saturated heterocycles. The average molecular weight is 378 g/mol. The molecule has 5 nitrogen and oxygen atoms in total. The Kier molecular flexibility index (Phi) is 8.09. The Balaban J connectivity index is 1.84. The van der Waals surface area contributed by atoms with E-state index in [0.717, 1.165) is 18.4 Å². The molecule has 1 N–H and O–H groups in total. The topological polar surface area (TPSA) is 56.8 Å². The minimum absolute atomic E-state index is 0.0981. The highest BCUT2D eigenvalue weighted by Gasteiger charge is 2.08. The lowest BCUT2D eigenvalue weighted by Gasteiger charge is -2.13. The first kappa shape index (κ1) is 19.9. The molecule has 1 amide bonds. The van der Waals surface area contributed by atoms with Crippen LogP contribution in [0, 0.1) is 0 Å². The molecular formula is C20H24ClNO4. The van der Waals surface area contributed by atoms with Crippen molar-refractivity contribution in [2.75, 3.05) is 20.3 Å². The van der Waals surface area contributed by atoms with E-state index in [-0.39, 0.29) is 12.5 Å². The summed E-state index contributed by atoms with van der Waals surface area (Å²) in [6.45, 7) is 3.04. The van der Waals surface area contributed by atoms with Gasteiger partial charge in [0, 0.05) is 6.54 Å². The molecule has 0 fully saturated rings. The number of halogens is 1. The van der Waals surface area contributed by atoms with Gasteiger partial charge in [-0.05, 0) is 36.2 Å². The Labute approximate surface area is 159 Å². The Hall–Kier alpha value is -2.40. The van der Waals surface area contributed by atoms with Crippen molar-refractivity contribution in [1.29, 1.82) is 0 Å². The van der Waals surface area contributed by atoms with Crippen LogP contribution in [0.3, 0.4) is 0 Å². The number of nitrogens with one attached hydrogen (secondary N) is 1. The van der Waals surface area contributed by atoms with Crippen LogP contribution in [0.25, 0.3) is 0 Å². The SMILES string of the molecule is CCCCOc1ccc(CNC(=O)COc2ccccc2Cl)cc1OC. The van der Waals surface area contributed by atoms with Crippen molar-refractivity contribution in [2.24, 2.45) is 0 Å². The van der Waals surface area contributed by atoms with Gasteiger partial charge in [0.1, 0.15) is 5.75 Å². The van der Waals surface area contributed by atoms with Gasteiger partial charge in [-0.15, -0.1) is 0 Å². The van der Waals surface area contributed by atoms with Crippen LogP contribution in [-0.2, 0) is 11.3 Å². The molecule has 2 aromatic rings. The van der Waals surface area contributed by atoms with Gasteiger partial charge in [0.15, 0.2) is 18.1 Å². The second-order valence-electron chi connectivity index (χ2n) is 5.68. The maximum atomic E-state index is 12.0. The van der Waals surface area contributed by atoms with Crippen LogP contribution >= 0.6 is 11.6 Å². The smallest absolute Gasteiger partial charge is 0.258 e. The lowest BCUT2D eigenvalue weighted by atomic mass is 10.2. The van der Waals surface area contributed by atoms with Crippen molar-refractivity contribution in [2.45, 2.75) is 26.3 Å². The summed E-state index contributed by atoms with van der Waals surface area (Å²) in [4.78, 5) is 12.0. The maximum absolute atomic E-state index is 12.0. The van der Waals surface area contributed by atoms with Gasteiger partial charge in [0.05, 0.1) is 18.7 Å². The number of carbonyl (C=O) groups excluding carboxylic acids is 1. The van der Waals surface area contributed by atoms with Gasteiger partial charge < -0.3 is 19.5 Å². The standard InChI is InChI=1S/C20H24ClNO4/c1-3-4-11-25-18-10-9-15(12-19(18)24-2)13-22-20(23)14-26-17-8-6-5-7-16(17)21/h5-10,12H,3-4,11,13-14H2,1-2H3,(H,22,23). The Morgan fingerprint density at radius 1 is 1.08 bits per heavy atom. The summed E-state index contributed by atoms with van der Waals surface area (Å²) in [6, 6.07) is 12.7. The van der Waals surface area contributed by atoms with Gasteiger partial charge >= 0.3 is 0 Å². The van der Waals surface area contributed by atoms with E-state index < -0.39 is 0 Å². The number of benzene rings is 2. The van der Waals surface area contributed by atoms with Crippen molar-refractivity contribution >= 4 is 17.5 Å². The summed E-state index contributed by atoms with van der Waals surface area (Å²) >= 11 is 5.99. The van der Waals surface area contributed by atoms with Gasteiger partial charge in [-0.1, -0.05) is 43.1 Å². The van der Waals surface area contributed by atoms with Gasteiger partial charge in [-0.25, -0.2) is 0 Å². The van der Waals surface area contributed by atoms with E-state index in [1.807, 2.05) is 18.2 Å². The molecule has 0 aliphatic heterocycles. The zero-order valence-corrected chi connectivity index (χ0v) is 15.8. The van der Waals surface area contributed by atoms with Gasteiger partial charge in [0.2, 0.25) is 0 Å². The molecule has 6 heteroatoms. The fourth-order valence-electron chi connectivity index (χ4n) is 2.22. The molecule has 26 heavy (non-hydrogen) atoms. The number of ether oxygens (including phenoxy) is 3. The molecule has 0 heterocycles. The summed E-state index contributed by atoms with van der Waals surface area (Å²) in [5.41, 5.74) is 0.913. The van der Waals surface area contributed by atoms with Crippen molar-refractivity contribution < 1.29 is 19.0 Å². The minimum atomic E-state index is -0.229. The number of unbranched alkanes of at least 4 members (excludes halogenated alkanes) is 1. The van der Waals surface area contributed by atoms with E-state index in [0.29, 0.717) is 35.4 Å². The largest absolute Gasteiger partial charge is 0.493 e. The molecule has 140 valence electrons. The van der Waals surface area contributed by atoms with Crippen LogP contribution in [0.2, 0.25) is 5.02 Å². The predicted octanol–water partition coefficient (Wildman–Crippen LogP) is 4.22. The number of methoxy groups -OCH3 is 1. The molecule has 0 bridgehead atoms. The molecule has 0 aromatic heterocycles. The molecule has 0 radical (unpaired) electrons. The summed E-state index contributed by atoms with van der Waals surface area (Å²) in [7, 11) is 1.60. The Bertz CT molecular complexity index is 721. The first-order chi connectivity index (χ1) is 12.6. The van der Waals surface area contributed by atoms with Crippen LogP contribution in [0.4, 0.5) is 0 Å². The summed E-state index contributed by atoms with van der Waals surface area (Å²) in [5.74, 6) is 1.62. The van der Waals surface area contributed by atoms with Crippen molar-refractivity contribution in [3.05, 3.63) is 53.1 Å². The second kappa shape index (κ2) is 10.6. The number of rotatable bonds is 10. The van der Waals surface area contributed by atoms with Crippen LogP contribution in [-0.4, -0.2) is 26.2 Å². The highest BCUT2D eigenvalue weighted by Crippen LogP contribution is 2.28. The van der Waals surface area contributed by atoms with E-state index in [9.17, 15) is 4.79 Å².